The van der Waals surface area contributed by atoms with E-state index in [0.717, 1.165) is 16.8 Å². The minimum absolute atomic E-state index is 0.102. The molecule has 0 heterocycles. The van der Waals surface area contributed by atoms with E-state index >= 15 is 0 Å². The molecule has 0 aliphatic rings. The fraction of sp³-hybridized carbons (Fsp3) is 0.278. The minimum atomic E-state index is -0.341. The second kappa shape index (κ2) is 7.84. The molecule has 2 aromatic carbocycles. The van der Waals surface area contributed by atoms with Gasteiger partial charge in [0.1, 0.15) is 5.82 Å². The Hall–Kier alpha value is -1.52. The summed E-state index contributed by atoms with van der Waals surface area (Å²) in [6.45, 7) is 5.77. The maximum Gasteiger partial charge on any atom is 0.237 e. The summed E-state index contributed by atoms with van der Waals surface area (Å²) in [5, 5.41) is 2.99. The van der Waals surface area contributed by atoms with Crippen LogP contribution in [0.3, 0.4) is 0 Å². The Balaban J connectivity index is 1.97. The van der Waals surface area contributed by atoms with Gasteiger partial charge in [-0.2, -0.15) is 0 Å². The van der Waals surface area contributed by atoms with Crippen LogP contribution >= 0.6 is 23.4 Å². The van der Waals surface area contributed by atoms with E-state index in [1.54, 1.807) is 19.1 Å². The number of rotatable bonds is 5. The zero-order valence-corrected chi connectivity index (χ0v) is 14.9. The Labute approximate surface area is 145 Å². The number of carbonyl (C=O) groups is 1. The highest BCUT2D eigenvalue weighted by molar-refractivity contribution is 7.99. The number of thioether (sulfide) groups is 1. The van der Waals surface area contributed by atoms with Crippen LogP contribution in [0.2, 0.25) is 5.02 Å². The van der Waals surface area contributed by atoms with Crippen LogP contribution in [0.1, 0.15) is 23.6 Å². The van der Waals surface area contributed by atoms with Crippen molar-refractivity contribution in [3.05, 3.63) is 63.9 Å². The second-order valence-corrected chi connectivity index (χ2v) is 7.20. The van der Waals surface area contributed by atoms with E-state index in [1.165, 1.54) is 17.8 Å². The fourth-order valence-corrected chi connectivity index (χ4v) is 3.37. The predicted molar refractivity (Wildman–Crippen MR) is 96.7 cm³/mol. The molecule has 2 nitrogen and oxygen atoms in total. The SMILES string of the molecule is Cc1ccc(NC(=O)C(C)SCc2c(F)cccc2Cl)c(C)c1. The summed E-state index contributed by atoms with van der Waals surface area (Å²) in [4.78, 5) is 12.3. The first kappa shape index (κ1) is 17.8. The molecule has 0 fully saturated rings. The number of amides is 1. The van der Waals surface area contributed by atoms with E-state index in [-0.39, 0.29) is 17.0 Å². The zero-order valence-electron chi connectivity index (χ0n) is 13.3. The Morgan fingerprint density at radius 3 is 2.70 bits per heavy atom. The largest absolute Gasteiger partial charge is 0.325 e. The Kier molecular flexibility index (Phi) is 6.08. The molecule has 0 aliphatic heterocycles. The highest BCUT2D eigenvalue weighted by atomic mass is 35.5. The summed E-state index contributed by atoms with van der Waals surface area (Å²) >= 11 is 7.36. The van der Waals surface area contributed by atoms with E-state index in [4.69, 9.17) is 11.6 Å². The van der Waals surface area contributed by atoms with Gasteiger partial charge in [0, 0.05) is 22.0 Å². The van der Waals surface area contributed by atoms with Gasteiger partial charge in [0.15, 0.2) is 0 Å². The lowest BCUT2D eigenvalue weighted by molar-refractivity contribution is -0.115. The molecule has 1 amide bonds. The van der Waals surface area contributed by atoms with Crippen LogP contribution in [-0.2, 0) is 10.5 Å². The molecule has 0 aliphatic carbocycles. The Morgan fingerprint density at radius 2 is 2.04 bits per heavy atom. The Morgan fingerprint density at radius 1 is 1.30 bits per heavy atom. The maximum absolute atomic E-state index is 13.7. The van der Waals surface area contributed by atoms with Crippen LogP contribution in [0.4, 0.5) is 10.1 Å². The summed E-state index contributed by atoms with van der Waals surface area (Å²) < 4.78 is 13.7. The zero-order chi connectivity index (χ0) is 17.0. The van der Waals surface area contributed by atoms with Gasteiger partial charge < -0.3 is 5.32 Å². The van der Waals surface area contributed by atoms with E-state index in [2.05, 4.69) is 5.32 Å². The molecule has 0 saturated carbocycles. The topological polar surface area (TPSA) is 29.1 Å². The molecule has 122 valence electrons. The average molecular weight is 352 g/mol. The number of halogens is 2. The molecule has 0 spiro atoms. The van der Waals surface area contributed by atoms with Crippen LogP contribution in [0.25, 0.3) is 0 Å². The number of carbonyl (C=O) groups excluding carboxylic acids is 1. The lowest BCUT2D eigenvalue weighted by atomic mass is 10.1. The number of anilines is 1. The normalized spacial score (nSPS) is 12.0. The number of benzene rings is 2. The van der Waals surface area contributed by atoms with Gasteiger partial charge in [-0.1, -0.05) is 35.4 Å². The van der Waals surface area contributed by atoms with Crippen molar-refractivity contribution in [2.24, 2.45) is 0 Å². The predicted octanol–water partition coefficient (Wildman–Crippen LogP) is 5.36. The second-order valence-electron chi connectivity index (χ2n) is 5.46. The highest BCUT2D eigenvalue weighted by Crippen LogP contribution is 2.27. The first-order valence-electron chi connectivity index (χ1n) is 7.31. The molecule has 2 rings (SSSR count). The molecule has 23 heavy (non-hydrogen) atoms. The lowest BCUT2D eigenvalue weighted by Crippen LogP contribution is -2.23. The molecule has 0 radical (unpaired) electrons. The minimum Gasteiger partial charge on any atom is -0.325 e. The molecule has 5 heteroatoms. The van der Waals surface area contributed by atoms with Crippen molar-refractivity contribution in [3.8, 4) is 0 Å². The summed E-state index contributed by atoms with van der Waals surface area (Å²) in [6.07, 6.45) is 0. The summed E-state index contributed by atoms with van der Waals surface area (Å²) in [5.74, 6) is -0.0890. The van der Waals surface area contributed by atoms with Crippen LogP contribution < -0.4 is 5.32 Å². The molecule has 1 unspecified atom stereocenters. The van der Waals surface area contributed by atoms with Gasteiger partial charge in [-0.3, -0.25) is 4.79 Å². The molecule has 2 aromatic rings. The maximum atomic E-state index is 13.7. The van der Waals surface area contributed by atoms with Gasteiger partial charge in [-0.25, -0.2) is 4.39 Å². The van der Waals surface area contributed by atoms with E-state index < -0.39 is 0 Å². The molecular weight excluding hydrogens is 333 g/mol. The molecule has 0 aromatic heterocycles. The lowest BCUT2D eigenvalue weighted by Gasteiger charge is -2.14. The summed E-state index contributed by atoms with van der Waals surface area (Å²) in [6, 6.07) is 10.5. The van der Waals surface area contributed by atoms with Gasteiger partial charge in [-0.05, 0) is 44.5 Å². The van der Waals surface area contributed by atoms with Crippen LogP contribution in [0, 0.1) is 19.7 Å². The summed E-state index contributed by atoms with van der Waals surface area (Å²) in [5.41, 5.74) is 3.41. The van der Waals surface area contributed by atoms with Crippen molar-refractivity contribution in [2.75, 3.05) is 5.32 Å². The molecule has 1 N–H and O–H groups in total. The van der Waals surface area contributed by atoms with E-state index in [1.807, 2.05) is 32.0 Å². The number of hydrogen-bond acceptors (Lipinski definition) is 2. The number of aryl methyl sites for hydroxylation is 2. The number of hydrogen-bond donors (Lipinski definition) is 1. The van der Waals surface area contributed by atoms with Crippen molar-refractivity contribution in [1.29, 1.82) is 0 Å². The van der Waals surface area contributed by atoms with Gasteiger partial charge >= 0.3 is 0 Å². The standard InChI is InChI=1S/C18H19ClFNOS/c1-11-7-8-17(12(2)9-11)21-18(22)13(3)23-10-14-15(19)5-4-6-16(14)20/h4-9,13H,10H2,1-3H3,(H,21,22). The van der Waals surface area contributed by atoms with Crippen molar-refractivity contribution in [2.45, 2.75) is 31.8 Å². The van der Waals surface area contributed by atoms with Crippen molar-refractivity contribution < 1.29 is 9.18 Å². The van der Waals surface area contributed by atoms with E-state index in [0.29, 0.717) is 16.3 Å². The molecule has 0 bridgehead atoms. The van der Waals surface area contributed by atoms with Gasteiger partial charge in [-0.15, -0.1) is 11.8 Å². The Bertz CT molecular complexity index is 700. The van der Waals surface area contributed by atoms with Gasteiger partial charge in [0.2, 0.25) is 5.91 Å². The quantitative estimate of drug-likeness (QED) is 0.786. The van der Waals surface area contributed by atoms with Crippen molar-refractivity contribution in [1.82, 2.24) is 0 Å². The third-order valence-corrected chi connectivity index (χ3v) is 5.07. The van der Waals surface area contributed by atoms with Crippen LogP contribution in [0.5, 0.6) is 0 Å². The van der Waals surface area contributed by atoms with Crippen LogP contribution in [-0.4, -0.2) is 11.2 Å². The van der Waals surface area contributed by atoms with Gasteiger partial charge in [0.25, 0.3) is 0 Å². The summed E-state index contributed by atoms with van der Waals surface area (Å²) in [7, 11) is 0. The van der Waals surface area contributed by atoms with Crippen LogP contribution in [0.15, 0.2) is 36.4 Å². The molecule has 1 atom stereocenters. The molecule has 0 saturated heterocycles. The third kappa shape index (κ3) is 4.72. The highest BCUT2D eigenvalue weighted by Gasteiger charge is 2.16. The van der Waals surface area contributed by atoms with Gasteiger partial charge in [0.05, 0.1) is 5.25 Å². The average Bonchev–Trinajstić information content (AvgIpc) is 2.49. The monoisotopic (exact) mass is 351 g/mol. The third-order valence-electron chi connectivity index (χ3n) is 3.55. The van der Waals surface area contributed by atoms with Crippen molar-refractivity contribution >= 4 is 35.0 Å². The first-order valence-corrected chi connectivity index (χ1v) is 8.73. The smallest absolute Gasteiger partial charge is 0.237 e. The fourth-order valence-electron chi connectivity index (χ4n) is 2.14. The van der Waals surface area contributed by atoms with Crippen molar-refractivity contribution in [3.63, 3.8) is 0 Å². The van der Waals surface area contributed by atoms with E-state index in [9.17, 15) is 9.18 Å². The molecular formula is C18H19ClFNOS. The number of nitrogens with one attached hydrogen (secondary N) is 1. The first-order chi connectivity index (χ1) is 10.9.